The summed E-state index contributed by atoms with van der Waals surface area (Å²) >= 11 is 0. The standard InChI is InChI=1S/C16H15NO4/c1-20-15(18)10-6-3-7-11-17-14(12-21-16(17)19)13-8-4-2-5-9-13/h2,4-6,8-10,14H,3,12H2,1H3/b10-6+/t14-/m0/s1. The van der Waals surface area contributed by atoms with Crippen LogP contribution in [0.2, 0.25) is 0 Å². The first kappa shape index (κ1) is 14.7. The number of rotatable bonds is 3. The predicted octanol–water partition coefficient (Wildman–Crippen LogP) is 2.26. The number of carbonyl (C=O) groups is 2. The first-order valence-corrected chi connectivity index (χ1v) is 6.46. The van der Waals surface area contributed by atoms with E-state index in [1.807, 2.05) is 30.3 Å². The molecule has 5 nitrogen and oxygen atoms in total. The van der Waals surface area contributed by atoms with Gasteiger partial charge in [0, 0.05) is 18.5 Å². The zero-order valence-electron chi connectivity index (χ0n) is 11.6. The average Bonchev–Trinajstić information content (AvgIpc) is 2.88. The van der Waals surface area contributed by atoms with Gasteiger partial charge >= 0.3 is 12.1 Å². The maximum atomic E-state index is 11.7. The summed E-state index contributed by atoms with van der Waals surface area (Å²) in [5.41, 5.74) is 0.975. The Labute approximate surface area is 123 Å². The number of ether oxygens (including phenoxy) is 2. The van der Waals surface area contributed by atoms with E-state index in [2.05, 4.69) is 16.7 Å². The molecule has 0 saturated carbocycles. The van der Waals surface area contributed by atoms with Crippen LogP contribution in [0.4, 0.5) is 4.79 Å². The molecule has 0 N–H and O–H groups in total. The highest BCUT2D eigenvalue weighted by Gasteiger charge is 2.33. The molecule has 2 rings (SSSR count). The predicted molar refractivity (Wildman–Crippen MR) is 75.9 cm³/mol. The van der Waals surface area contributed by atoms with Gasteiger partial charge in [0.2, 0.25) is 0 Å². The highest BCUT2D eigenvalue weighted by molar-refractivity contribution is 5.81. The molecule has 1 heterocycles. The molecule has 0 aromatic heterocycles. The first-order valence-electron chi connectivity index (χ1n) is 6.46. The Morgan fingerprint density at radius 2 is 2.24 bits per heavy atom. The maximum Gasteiger partial charge on any atom is 0.422 e. The Kier molecular flexibility index (Phi) is 4.99. The van der Waals surface area contributed by atoms with Crippen molar-refractivity contribution in [2.45, 2.75) is 12.5 Å². The van der Waals surface area contributed by atoms with Gasteiger partial charge in [-0.3, -0.25) is 0 Å². The number of carbonyl (C=O) groups excluding carboxylic acids is 2. The van der Waals surface area contributed by atoms with E-state index in [-0.39, 0.29) is 12.6 Å². The summed E-state index contributed by atoms with van der Waals surface area (Å²) in [7, 11) is 1.31. The van der Waals surface area contributed by atoms with Crippen LogP contribution in [-0.4, -0.2) is 30.7 Å². The molecule has 1 aliphatic heterocycles. The summed E-state index contributed by atoms with van der Waals surface area (Å²) in [5.74, 6) is 2.39. The average molecular weight is 285 g/mol. The van der Waals surface area contributed by atoms with Gasteiger partial charge in [-0.05, 0) is 5.56 Å². The zero-order valence-corrected chi connectivity index (χ0v) is 11.6. The van der Waals surface area contributed by atoms with Gasteiger partial charge in [-0.15, -0.1) is 0 Å². The number of benzene rings is 1. The Morgan fingerprint density at radius 1 is 1.48 bits per heavy atom. The van der Waals surface area contributed by atoms with Gasteiger partial charge in [-0.2, -0.15) is 0 Å². The fourth-order valence-corrected chi connectivity index (χ4v) is 1.88. The second kappa shape index (κ2) is 7.15. The van der Waals surface area contributed by atoms with Crippen LogP contribution in [0, 0.1) is 12.0 Å². The van der Waals surface area contributed by atoms with Crippen LogP contribution in [-0.2, 0) is 14.3 Å². The number of amides is 1. The SMILES string of the molecule is COC(=O)/C=C/CC#CN1C(=O)OC[C@H]1c1ccccc1. The number of allylic oxidation sites excluding steroid dienone is 1. The third kappa shape index (κ3) is 3.86. The fourth-order valence-electron chi connectivity index (χ4n) is 1.88. The lowest BCUT2D eigenvalue weighted by Gasteiger charge is -2.14. The molecule has 0 aliphatic carbocycles. The number of methoxy groups -OCH3 is 1. The molecule has 1 fully saturated rings. The van der Waals surface area contributed by atoms with Crippen molar-refractivity contribution in [1.29, 1.82) is 0 Å². The van der Waals surface area contributed by atoms with Gasteiger partial charge in [-0.1, -0.05) is 42.3 Å². The second-order valence-corrected chi connectivity index (χ2v) is 4.29. The maximum absolute atomic E-state index is 11.7. The molecular formula is C16H15NO4. The van der Waals surface area contributed by atoms with E-state index >= 15 is 0 Å². The zero-order chi connectivity index (χ0) is 15.1. The Balaban J connectivity index is 2.02. The number of esters is 1. The lowest BCUT2D eigenvalue weighted by molar-refractivity contribution is -0.134. The molecule has 0 bridgehead atoms. The quantitative estimate of drug-likeness (QED) is 0.485. The summed E-state index contributed by atoms with van der Waals surface area (Å²) in [5, 5.41) is 0. The van der Waals surface area contributed by atoms with Crippen LogP contribution < -0.4 is 0 Å². The van der Waals surface area contributed by atoms with Crippen molar-refractivity contribution < 1.29 is 19.1 Å². The molecule has 5 heteroatoms. The van der Waals surface area contributed by atoms with Crippen LogP contribution in [0.25, 0.3) is 0 Å². The molecule has 1 amide bonds. The monoisotopic (exact) mass is 285 g/mol. The van der Waals surface area contributed by atoms with Crippen molar-refractivity contribution in [3.05, 3.63) is 48.0 Å². The molecule has 0 unspecified atom stereocenters. The van der Waals surface area contributed by atoms with Crippen LogP contribution in [0.3, 0.4) is 0 Å². The molecule has 108 valence electrons. The molecule has 0 spiro atoms. The Morgan fingerprint density at radius 3 is 2.95 bits per heavy atom. The van der Waals surface area contributed by atoms with Gasteiger partial charge in [0.1, 0.15) is 12.6 Å². The number of cyclic esters (lactones) is 1. The van der Waals surface area contributed by atoms with E-state index < -0.39 is 12.1 Å². The van der Waals surface area contributed by atoms with Crippen molar-refractivity contribution in [3.8, 4) is 12.0 Å². The molecule has 0 radical (unpaired) electrons. The highest BCUT2D eigenvalue weighted by Crippen LogP contribution is 2.26. The van der Waals surface area contributed by atoms with Gasteiger partial charge in [0.25, 0.3) is 0 Å². The lowest BCUT2D eigenvalue weighted by atomic mass is 10.1. The van der Waals surface area contributed by atoms with Gasteiger partial charge in [0.05, 0.1) is 7.11 Å². The lowest BCUT2D eigenvalue weighted by Crippen LogP contribution is -2.22. The van der Waals surface area contributed by atoms with Crippen molar-refractivity contribution >= 4 is 12.1 Å². The summed E-state index contributed by atoms with van der Waals surface area (Å²) < 4.78 is 9.50. The molecule has 1 aromatic rings. The van der Waals surface area contributed by atoms with Crippen LogP contribution in [0.15, 0.2) is 42.5 Å². The van der Waals surface area contributed by atoms with Crippen LogP contribution in [0.5, 0.6) is 0 Å². The fraction of sp³-hybridized carbons (Fsp3) is 0.250. The molecular weight excluding hydrogens is 270 g/mol. The molecule has 1 saturated heterocycles. The third-order valence-electron chi connectivity index (χ3n) is 2.93. The van der Waals surface area contributed by atoms with Crippen LogP contribution >= 0.6 is 0 Å². The second-order valence-electron chi connectivity index (χ2n) is 4.29. The summed E-state index contributed by atoms with van der Waals surface area (Å²) in [6, 6.07) is 12.2. The van der Waals surface area contributed by atoms with E-state index in [9.17, 15) is 9.59 Å². The van der Waals surface area contributed by atoms with E-state index in [0.29, 0.717) is 6.42 Å². The highest BCUT2D eigenvalue weighted by atomic mass is 16.6. The molecule has 21 heavy (non-hydrogen) atoms. The summed E-state index contributed by atoms with van der Waals surface area (Å²) in [4.78, 5) is 23.9. The van der Waals surface area contributed by atoms with Crippen molar-refractivity contribution in [2.24, 2.45) is 0 Å². The Bertz CT molecular complexity index is 598. The number of nitrogens with zero attached hydrogens (tertiary/aromatic N) is 1. The third-order valence-corrected chi connectivity index (χ3v) is 2.93. The minimum Gasteiger partial charge on any atom is -0.466 e. The largest absolute Gasteiger partial charge is 0.466 e. The first-order chi connectivity index (χ1) is 10.2. The number of hydrogen-bond donors (Lipinski definition) is 0. The van der Waals surface area contributed by atoms with Crippen molar-refractivity contribution in [2.75, 3.05) is 13.7 Å². The van der Waals surface area contributed by atoms with Crippen molar-refractivity contribution in [3.63, 3.8) is 0 Å². The van der Waals surface area contributed by atoms with E-state index in [1.165, 1.54) is 18.1 Å². The smallest absolute Gasteiger partial charge is 0.422 e. The Hall–Kier alpha value is -2.74. The van der Waals surface area contributed by atoms with Gasteiger partial charge in [-0.25, -0.2) is 14.5 Å². The summed E-state index contributed by atoms with van der Waals surface area (Å²) in [6.07, 6.45) is 2.78. The molecule has 1 atom stereocenters. The molecule has 1 aliphatic rings. The normalized spacial score (nSPS) is 17.3. The van der Waals surface area contributed by atoms with Crippen molar-refractivity contribution in [1.82, 2.24) is 4.90 Å². The minimum atomic E-state index is -0.451. The summed E-state index contributed by atoms with van der Waals surface area (Å²) in [6.45, 7) is 0.287. The van der Waals surface area contributed by atoms with E-state index in [0.717, 1.165) is 5.56 Å². The van der Waals surface area contributed by atoms with Gasteiger partial charge < -0.3 is 9.47 Å². The van der Waals surface area contributed by atoms with Gasteiger partial charge in [0.15, 0.2) is 0 Å². The van der Waals surface area contributed by atoms with Crippen LogP contribution in [0.1, 0.15) is 18.0 Å². The number of hydrogen-bond acceptors (Lipinski definition) is 4. The topological polar surface area (TPSA) is 55.8 Å². The minimum absolute atomic E-state index is 0.198. The van der Waals surface area contributed by atoms with E-state index in [1.54, 1.807) is 6.08 Å². The molecule has 1 aromatic carbocycles. The van der Waals surface area contributed by atoms with E-state index in [4.69, 9.17) is 4.74 Å².